The minimum Gasteiger partial charge on any atom is -0.466 e. The zero-order valence-corrected chi connectivity index (χ0v) is 15.0. The summed E-state index contributed by atoms with van der Waals surface area (Å²) < 4.78 is 9.85. The van der Waals surface area contributed by atoms with E-state index in [9.17, 15) is 9.59 Å². The summed E-state index contributed by atoms with van der Waals surface area (Å²) in [6.45, 7) is 3.27. The normalized spacial score (nSPS) is 20.8. The number of nitrogens with one attached hydrogen (secondary N) is 1. The van der Waals surface area contributed by atoms with E-state index >= 15 is 0 Å². The number of anilines is 1. The molecule has 0 atom stereocenters. The van der Waals surface area contributed by atoms with Gasteiger partial charge in [0.05, 0.1) is 31.4 Å². The Kier molecular flexibility index (Phi) is 6.03. The van der Waals surface area contributed by atoms with Gasteiger partial charge in [0.1, 0.15) is 0 Å². The highest BCUT2D eigenvalue weighted by Crippen LogP contribution is 2.23. The van der Waals surface area contributed by atoms with Gasteiger partial charge in [0.15, 0.2) is 5.17 Å². The Hall–Kier alpha value is -2.65. The summed E-state index contributed by atoms with van der Waals surface area (Å²) in [5.41, 5.74) is 2.04. The summed E-state index contributed by atoms with van der Waals surface area (Å²) in [4.78, 5) is 25.4. The van der Waals surface area contributed by atoms with E-state index in [0.29, 0.717) is 5.17 Å². The van der Waals surface area contributed by atoms with E-state index in [1.54, 1.807) is 6.21 Å². The number of carbonyl (C=O) groups excluding carboxylic acids is 2. The van der Waals surface area contributed by atoms with Gasteiger partial charge in [-0.25, -0.2) is 4.79 Å². The summed E-state index contributed by atoms with van der Waals surface area (Å²) in [6.07, 6.45) is 2.72. The van der Waals surface area contributed by atoms with Gasteiger partial charge in [-0.15, -0.1) is 5.10 Å². The van der Waals surface area contributed by atoms with Crippen LogP contribution >= 0.6 is 11.8 Å². The molecule has 1 aromatic rings. The number of carbonyl (C=O) groups is 2. The molecule has 2 fully saturated rings. The topological polar surface area (TPSA) is 92.6 Å². The first-order valence-electron chi connectivity index (χ1n) is 7.98. The van der Waals surface area contributed by atoms with Crippen molar-refractivity contribution < 1.29 is 19.1 Å². The lowest BCUT2D eigenvalue weighted by atomic mass is 10.2. The van der Waals surface area contributed by atoms with Crippen LogP contribution in [0.3, 0.4) is 0 Å². The van der Waals surface area contributed by atoms with Crippen molar-refractivity contribution in [2.24, 2.45) is 10.2 Å². The van der Waals surface area contributed by atoms with Crippen molar-refractivity contribution in [1.29, 1.82) is 0 Å². The van der Waals surface area contributed by atoms with Gasteiger partial charge in [0.2, 0.25) is 0 Å². The average molecular weight is 374 g/mol. The molecule has 3 rings (SSSR count). The van der Waals surface area contributed by atoms with Crippen LogP contribution in [0.2, 0.25) is 0 Å². The standard InChI is InChI=1S/C17H18N4O4S/c1-24-15(22)10-14-16(23)19-17(26-14)20-18-11-12-2-4-13(5-3-12)21-6-8-25-9-7-21/h2-5,10-11H,6-9H2,1H3,(H,19,20,23)/b14-10+,18-11?. The third kappa shape index (κ3) is 4.70. The van der Waals surface area contributed by atoms with Crippen LogP contribution in [0.15, 0.2) is 45.4 Å². The van der Waals surface area contributed by atoms with Gasteiger partial charge >= 0.3 is 5.97 Å². The maximum Gasteiger partial charge on any atom is 0.331 e. The summed E-state index contributed by atoms with van der Waals surface area (Å²) in [7, 11) is 1.25. The second-order valence-electron chi connectivity index (χ2n) is 5.43. The van der Waals surface area contributed by atoms with Crippen molar-refractivity contribution in [2.75, 3.05) is 38.3 Å². The van der Waals surface area contributed by atoms with E-state index in [0.717, 1.165) is 55.4 Å². The number of amidine groups is 1. The van der Waals surface area contributed by atoms with Crippen molar-refractivity contribution in [2.45, 2.75) is 0 Å². The number of benzene rings is 1. The first-order chi connectivity index (χ1) is 12.7. The quantitative estimate of drug-likeness (QED) is 0.368. The largest absolute Gasteiger partial charge is 0.466 e. The Morgan fingerprint density at radius 3 is 2.73 bits per heavy atom. The number of amides is 1. The van der Waals surface area contributed by atoms with Gasteiger partial charge in [-0.3, -0.25) is 10.1 Å². The highest BCUT2D eigenvalue weighted by atomic mass is 32.2. The molecule has 2 aliphatic heterocycles. The van der Waals surface area contributed by atoms with Crippen LogP contribution in [0.5, 0.6) is 0 Å². The monoisotopic (exact) mass is 374 g/mol. The lowest BCUT2D eigenvalue weighted by Gasteiger charge is -2.28. The summed E-state index contributed by atoms with van der Waals surface area (Å²) in [5.74, 6) is -0.989. The van der Waals surface area contributed by atoms with Crippen LogP contribution in [0.4, 0.5) is 5.69 Å². The van der Waals surface area contributed by atoms with Crippen molar-refractivity contribution in [3.63, 3.8) is 0 Å². The molecular formula is C17H18N4O4S. The third-order valence-corrected chi connectivity index (χ3v) is 4.63. The van der Waals surface area contributed by atoms with Crippen molar-refractivity contribution >= 4 is 40.7 Å². The zero-order chi connectivity index (χ0) is 18.4. The van der Waals surface area contributed by atoms with Crippen molar-refractivity contribution in [3.8, 4) is 0 Å². The molecule has 0 aliphatic carbocycles. The second-order valence-corrected chi connectivity index (χ2v) is 6.46. The van der Waals surface area contributed by atoms with E-state index in [1.165, 1.54) is 7.11 Å². The Morgan fingerprint density at radius 2 is 2.04 bits per heavy atom. The smallest absolute Gasteiger partial charge is 0.331 e. The van der Waals surface area contributed by atoms with Gasteiger partial charge in [-0.2, -0.15) is 5.10 Å². The van der Waals surface area contributed by atoms with Gasteiger partial charge in [-0.1, -0.05) is 12.1 Å². The summed E-state index contributed by atoms with van der Waals surface area (Å²) >= 11 is 1.04. The molecule has 2 heterocycles. The molecular weight excluding hydrogens is 356 g/mol. The minimum atomic E-state index is -0.590. The Bertz CT molecular complexity index is 767. The summed E-state index contributed by atoms with van der Waals surface area (Å²) in [5, 5.41) is 10.8. The molecule has 0 unspecified atom stereocenters. The van der Waals surface area contributed by atoms with Gasteiger partial charge < -0.3 is 14.4 Å². The average Bonchev–Trinajstić information content (AvgIpc) is 3.02. The SMILES string of the molecule is COC(=O)/C=C1/S/C(=N\N=Cc2ccc(N3CCOCC3)cc2)NC1=O. The van der Waals surface area contributed by atoms with Crippen LogP contribution in [0.1, 0.15) is 5.56 Å². The number of rotatable bonds is 4. The van der Waals surface area contributed by atoms with Gasteiger partial charge in [0.25, 0.3) is 5.91 Å². The Morgan fingerprint density at radius 1 is 1.31 bits per heavy atom. The molecule has 1 N–H and O–H groups in total. The van der Waals surface area contributed by atoms with Crippen LogP contribution in [-0.4, -0.2) is 56.7 Å². The van der Waals surface area contributed by atoms with E-state index in [4.69, 9.17) is 4.74 Å². The maximum absolute atomic E-state index is 11.7. The van der Waals surface area contributed by atoms with Gasteiger partial charge in [-0.05, 0) is 29.5 Å². The fourth-order valence-corrected chi connectivity index (χ4v) is 3.12. The van der Waals surface area contributed by atoms with Crippen LogP contribution in [-0.2, 0) is 19.1 Å². The Balaban J connectivity index is 1.60. The predicted molar refractivity (Wildman–Crippen MR) is 100 cm³/mol. The number of hydrogen-bond donors (Lipinski definition) is 1. The summed E-state index contributed by atoms with van der Waals surface area (Å²) in [6, 6.07) is 7.97. The number of hydrogen-bond acceptors (Lipinski definition) is 8. The molecule has 26 heavy (non-hydrogen) atoms. The molecule has 8 nitrogen and oxygen atoms in total. The number of esters is 1. The molecule has 0 bridgehead atoms. The molecule has 2 aliphatic rings. The highest BCUT2D eigenvalue weighted by molar-refractivity contribution is 8.18. The lowest BCUT2D eigenvalue weighted by molar-refractivity contribution is -0.135. The molecule has 0 saturated carbocycles. The first-order valence-corrected chi connectivity index (χ1v) is 8.80. The van der Waals surface area contributed by atoms with Crippen LogP contribution in [0, 0.1) is 0 Å². The zero-order valence-electron chi connectivity index (χ0n) is 14.2. The minimum absolute atomic E-state index is 0.223. The predicted octanol–water partition coefficient (Wildman–Crippen LogP) is 1.13. The molecule has 0 aromatic heterocycles. The van der Waals surface area contributed by atoms with E-state index in [-0.39, 0.29) is 4.91 Å². The van der Waals surface area contributed by atoms with Crippen LogP contribution < -0.4 is 10.2 Å². The highest BCUT2D eigenvalue weighted by Gasteiger charge is 2.24. The molecule has 136 valence electrons. The fourth-order valence-electron chi connectivity index (χ4n) is 2.38. The van der Waals surface area contributed by atoms with Crippen LogP contribution in [0.25, 0.3) is 0 Å². The number of ether oxygens (including phenoxy) is 2. The molecule has 0 spiro atoms. The third-order valence-electron chi connectivity index (χ3n) is 3.73. The first kappa shape index (κ1) is 18.2. The lowest BCUT2D eigenvalue weighted by Crippen LogP contribution is -2.36. The van der Waals surface area contributed by atoms with E-state index < -0.39 is 11.9 Å². The molecule has 2 saturated heterocycles. The van der Waals surface area contributed by atoms with Crippen molar-refractivity contribution in [3.05, 3.63) is 40.8 Å². The number of nitrogens with zero attached hydrogens (tertiary/aromatic N) is 3. The second kappa shape index (κ2) is 8.63. The molecule has 1 amide bonds. The van der Waals surface area contributed by atoms with Gasteiger partial charge in [0, 0.05) is 24.9 Å². The number of methoxy groups -OCH3 is 1. The molecule has 1 aromatic carbocycles. The van der Waals surface area contributed by atoms with Crippen molar-refractivity contribution in [1.82, 2.24) is 5.32 Å². The Labute approximate surface area is 154 Å². The van der Waals surface area contributed by atoms with E-state index in [2.05, 4.69) is 25.2 Å². The fraction of sp³-hybridized carbons (Fsp3) is 0.294. The number of thioether (sulfide) groups is 1. The molecule has 0 radical (unpaired) electrons. The van der Waals surface area contributed by atoms with E-state index in [1.807, 2.05) is 24.3 Å². The number of morpholine rings is 1. The molecule has 9 heteroatoms. The maximum atomic E-state index is 11.7.